The van der Waals surface area contributed by atoms with Crippen molar-refractivity contribution in [2.45, 2.75) is 6.42 Å². The van der Waals surface area contributed by atoms with Gasteiger partial charge in [-0.3, -0.25) is 4.31 Å². The van der Waals surface area contributed by atoms with Gasteiger partial charge in [0.25, 0.3) is 0 Å². The van der Waals surface area contributed by atoms with E-state index in [2.05, 4.69) is 0 Å². The number of benzene rings is 1. The van der Waals surface area contributed by atoms with Crippen molar-refractivity contribution >= 4 is 21.4 Å². The van der Waals surface area contributed by atoms with E-state index >= 15 is 0 Å². The largest absolute Gasteiger partial charge is 0.399 e. The lowest BCUT2D eigenvalue weighted by molar-refractivity contribution is 0.217. The number of methoxy groups -OCH3 is 1. The first-order valence-corrected chi connectivity index (χ1v) is 7.03. The van der Waals surface area contributed by atoms with Crippen LogP contribution in [0.5, 0.6) is 0 Å². The van der Waals surface area contributed by atoms with Crippen LogP contribution in [0.4, 0.5) is 11.4 Å². The highest BCUT2D eigenvalue weighted by molar-refractivity contribution is 7.92. The Morgan fingerprint density at radius 1 is 1.47 bits per heavy atom. The van der Waals surface area contributed by atoms with Crippen molar-refractivity contribution in [2.24, 2.45) is 0 Å². The Morgan fingerprint density at radius 3 is 2.94 bits per heavy atom. The maximum absolute atomic E-state index is 12.1. The first kappa shape index (κ1) is 12.2. The molecule has 1 aliphatic rings. The van der Waals surface area contributed by atoms with Gasteiger partial charge in [-0.15, -0.1) is 0 Å². The lowest BCUT2D eigenvalue weighted by atomic mass is 10.1. The predicted octanol–water partition coefficient (Wildman–Crippen LogP) is 0.608. The van der Waals surface area contributed by atoms with Crippen molar-refractivity contribution in [2.75, 3.05) is 36.1 Å². The van der Waals surface area contributed by atoms with Gasteiger partial charge in [0.05, 0.1) is 18.0 Å². The van der Waals surface area contributed by atoms with E-state index in [1.165, 1.54) is 11.4 Å². The van der Waals surface area contributed by atoms with E-state index in [1.807, 2.05) is 6.07 Å². The van der Waals surface area contributed by atoms with Gasteiger partial charge in [0.15, 0.2) is 0 Å². The second-order valence-electron chi connectivity index (χ2n) is 4.02. The molecule has 0 aliphatic carbocycles. The Morgan fingerprint density at radius 2 is 2.24 bits per heavy atom. The molecule has 0 amide bonds. The summed E-state index contributed by atoms with van der Waals surface area (Å²) in [6.45, 7) is 0.702. The predicted molar refractivity (Wildman–Crippen MR) is 67.6 cm³/mol. The molecule has 1 heterocycles. The lowest BCUT2D eigenvalue weighted by Gasteiger charge is -2.19. The summed E-state index contributed by atoms with van der Waals surface area (Å²) in [7, 11) is -1.79. The first-order valence-electron chi connectivity index (χ1n) is 5.42. The number of nitrogens with two attached hydrogens (primary N) is 1. The van der Waals surface area contributed by atoms with E-state index in [4.69, 9.17) is 10.5 Å². The fourth-order valence-corrected chi connectivity index (χ4v) is 3.42. The molecule has 2 N–H and O–H groups in total. The lowest BCUT2D eigenvalue weighted by Crippen LogP contribution is -2.32. The average Bonchev–Trinajstić information content (AvgIpc) is 2.69. The molecule has 0 aromatic heterocycles. The zero-order valence-electron chi connectivity index (χ0n) is 9.72. The molecular formula is C11H16N2O3S. The molecule has 0 saturated carbocycles. The Bertz CT molecular complexity index is 513. The van der Waals surface area contributed by atoms with Crippen LogP contribution in [-0.2, 0) is 21.2 Å². The molecule has 0 spiro atoms. The normalized spacial score (nSPS) is 15.0. The van der Waals surface area contributed by atoms with E-state index < -0.39 is 10.0 Å². The maximum atomic E-state index is 12.1. The molecule has 0 radical (unpaired) electrons. The Hall–Kier alpha value is -1.27. The molecule has 2 rings (SSSR count). The van der Waals surface area contributed by atoms with E-state index in [0.717, 1.165) is 11.3 Å². The zero-order chi connectivity index (χ0) is 12.5. The maximum Gasteiger partial charge on any atom is 0.237 e. The van der Waals surface area contributed by atoms with Crippen LogP contribution in [0.1, 0.15) is 5.56 Å². The summed E-state index contributed by atoms with van der Waals surface area (Å²) in [5.74, 6) is 0.00726. The number of fused-ring (bicyclic) bond motifs is 1. The molecule has 1 aliphatic heterocycles. The molecule has 1 aromatic carbocycles. The Kier molecular flexibility index (Phi) is 3.26. The second-order valence-corrected chi connectivity index (χ2v) is 6.03. The van der Waals surface area contributed by atoms with E-state index in [-0.39, 0.29) is 12.4 Å². The van der Waals surface area contributed by atoms with Gasteiger partial charge in [-0.1, -0.05) is 0 Å². The number of nitrogens with zero attached hydrogens (tertiary/aromatic N) is 1. The summed E-state index contributed by atoms with van der Waals surface area (Å²) in [5, 5.41) is 0. The van der Waals surface area contributed by atoms with Crippen LogP contribution in [-0.4, -0.2) is 34.4 Å². The summed E-state index contributed by atoms with van der Waals surface area (Å²) < 4.78 is 30.4. The number of hydrogen-bond donors (Lipinski definition) is 1. The zero-order valence-corrected chi connectivity index (χ0v) is 10.5. The highest BCUT2D eigenvalue weighted by Crippen LogP contribution is 2.31. The molecule has 17 heavy (non-hydrogen) atoms. The van der Waals surface area contributed by atoms with Crippen molar-refractivity contribution in [1.29, 1.82) is 0 Å². The van der Waals surface area contributed by atoms with Crippen LogP contribution >= 0.6 is 0 Å². The Balaban J connectivity index is 2.27. The molecule has 0 unspecified atom stereocenters. The number of ether oxygens (including phenoxy) is 1. The number of sulfonamides is 1. The molecule has 6 heteroatoms. The highest BCUT2D eigenvalue weighted by Gasteiger charge is 2.28. The quantitative estimate of drug-likeness (QED) is 0.801. The third-order valence-electron chi connectivity index (χ3n) is 2.84. The summed E-state index contributed by atoms with van der Waals surface area (Å²) in [4.78, 5) is 0. The third kappa shape index (κ3) is 2.37. The first-order chi connectivity index (χ1) is 8.04. The van der Waals surface area contributed by atoms with Crippen molar-refractivity contribution in [3.05, 3.63) is 23.8 Å². The molecule has 0 saturated heterocycles. The van der Waals surface area contributed by atoms with Crippen LogP contribution in [0.2, 0.25) is 0 Å². The van der Waals surface area contributed by atoms with Crippen molar-refractivity contribution in [1.82, 2.24) is 0 Å². The average molecular weight is 256 g/mol. The van der Waals surface area contributed by atoms with Crippen LogP contribution in [0, 0.1) is 0 Å². The van der Waals surface area contributed by atoms with Gasteiger partial charge in [-0.2, -0.15) is 0 Å². The molecule has 0 atom stereocenters. The van der Waals surface area contributed by atoms with Gasteiger partial charge in [-0.05, 0) is 30.2 Å². The van der Waals surface area contributed by atoms with Gasteiger partial charge < -0.3 is 10.5 Å². The van der Waals surface area contributed by atoms with Gasteiger partial charge in [0.2, 0.25) is 10.0 Å². The summed E-state index contributed by atoms with van der Waals surface area (Å²) in [5.41, 5.74) is 8.08. The fraction of sp³-hybridized carbons (Fsp3) is 0.455. The number of hydrogen-bond acceptors (Lipinski definition) is 4. The summed E-state index contributed by atoms with van der Waals surface area (Å²) in [6, 6.07) is 5.33. The van der Waals surface area contributed by atoms with Crippen molar-refractivity contribution in [3.8, 4) is 0 Å². The topological polar surface area (TPSA) is 72.6 Å². The monoisotopic (exact) mass is 256 g/mol. The fourth-order valence-electron chi connectivity index (χ4n) is 1.98. The van der Waals surface area contributed by atoms with Gasteiger partial charge in [0.1, 0.15) is 0 Å². The van der Waals surface area contributed by atoms with Gasteiger partial charge in [-0.25, -0.2) is 8.42 Å². The van der Waals surface area contributed by atoms with Gasteiger partial charge >= 0.3 is 0 Å². The third-order valence-corrected chi connectivity index (χ3v) is 4.57. The second kappa shape index (κ2) is 4.54. The molecule has 94 valence electrons. The molecule has 0 fully saturated rings. The molecule has 0 bridgehead atoms. The Labute approximate surface area is 101 Å². The number of anilines is 2. The van der Waals surface area contributed by atoms with Gasteiger partial charge in [0, 0.05) is 19.3 Å². The van der Waals surface area contributed by atoms with E-state index in [0.29, 0.717) is 18.7 Å². The van der Waals surface area contributed by atoms with Crippen LogP contribution in [0.3, 0.4) is 0 Å². The minimum Gasteiger partial charge on any atom is -0.399 e. The minimum absolute atomic E-state index is 0.00726. The van der Waals surface area contributed by atoms with Crippen molar-refractivity contribution < 1.29 is 13.2 Å². The molecular weight excluding hydrogens is 240 g/mol. The standard InChI is InChI=1S/C11H16N2O3S/c1-16-6-7-17(14,15)13-5-4-9-8-10(12)2-3-11(9)13/h2-3,8H,4-7,12H2,1H3. The summed E-state index contributed by atoms with van der Waals surface area (Å²) >= 11 is 0. The molecule has 1 aromatic rings. The SMILES string of the molecule is COCCS(=O)(=O)N1CCc2cc(N)ccc21. The summed E-state index contributed by atoms with van der Waals surface area (Å²) in [6.07, 6.45) is 0.715. The smallest absolute Gasteiger partial charge is 0.237 e. The number of rotatable bonds is 4. The molecule has 5 nitrogen and oxygen atoms in total. The van der Waals surface area contributed by atoms with E-state index in [1.54, 1.807) is 12.1 Å². The highest BCUT2D eigenvalue weighted by atomic mass is 32.2. The van der Waals surface area contributed by atoms with Crippen LogP contribution < -0.4 is 10.0 Å². The van der Waals surface area contributed by atoms with Crippen LogP contribution in [0.15, 0.2) is 18.2 Å². The van der Waals surface area contributed by atoms with Crippen molar-refractivity contribution in [3.63, 3.8) is 0 Å². The van der Waals surface area contributed by atoms with E-state index in [9.17, 15) is 8.42 Å². The minimum atomic E-state index is -3.28. The number of nitrogen functional groups attached to an aromatic ring is 1. The van der Waals surface area contributed by atoms with Crippen LogP contribution in [0.25, 0.3) is 0 Å².